The lowest BCUT2D eigenvalue weighted by Gasteiger charge is -2.34. The van der Waals surface area contributed by atoms with E-state index in [9.17, 15) is 4.79 Å². The molecule has 0 saturated carbocycles. The molecule has 1 aromatic carbocycles. The van der Waals surface area contributed by atoms with Crippen LogP contribution in [0.15, 0.2) is 18.2 Å². The van der Waals surface area contributed by atoms with Crippen molar-refractivity contribution in [3.8, 4) is 0 Å². The Labute approximate surface area is 152 Å². The van der Waals surface area contributed by atoms with Crippen molar-refractivity contribution in [2.24, 2.45) is 0 Å². The van der Waals surface area contributed by atoms with Crippen LogP contribution in [0.25, 0.3) is 0 Å². The molecule has 1 aliphatic heterocycles. The van der Waals surface area contributed by atoms with E-state index < -0.39 is 0 Å². The molecule has 1 saturated heterocycles. The van der Waals surface area contributed by atoms with Crippen LogP contribution in [-0.4, -0.2) is 62.0 Å². The average molecular weight is 347 g/mol. The van der Waals surface area contributed by atoms with Gasteiger partial charge in [-0.25, -0.2) is 0 Å². The predicted octanol–water partition coefficient (Wildman–Crippen LogP) is 2.60. The highest BCUT2D eigenvalue weighted by Crippen LogP contribution is 2.26. The van der Waals surface area contributed by atoms with E-state index in [4.69, 9.17) is 5.73 Å². The van der Waals surface area contributed by atoms with Crippen LogP contribution in [-0.2, 0) is 11.2 Å². The van der Waals surface area contributed by atoms with Gasteiger partial charge in [0.1, 0.15) is 0 Å². The minimum Gasteiger partial charge on any atom is -0.397 e. The Morgan fingerprint density at radius 1 is 1.20 bits per heavy atom. The summed E-state index contributed by atoms with van der Waals surface area (Å²) in [5.74, 6) is 0.248. The van der Waals surface area contributed by atoms with Gasteiger partial charge in [-0.3, -0.25) is 4.79 Å². The number of hydrogen-bond donors (Lipinski definition) is 1. The molecule has 1 heterocycles. The van der Waals surface area contributed by atoms with Gasteiger partial charge in [-0.1, -0.05) is 19.4 Å². The Kier molecular flexibility index (Phi) is 7.56. The van der Waals surface area contributed by atoms with Gasteiger partial charge in [-0.15, -0.1) is 0 Å². The minimum atomic E-state index is 0.248. The molecule has 0 spiro atoms. The number of nitrogens with zero attached hydrogens (tertiary/aromatic N) is 3. The van der Waals surface area contributed by atoms with E-state index >= 15 is 0 Å². The van der Waals surface area contributed by atoms with Crippen molar-refractivity contribution in [3.63, 3.8) is 0 Å². The second-order valence-electron chi connectivity index (χ2n) is 7.01. The number of hydrogen-bond acceptors (Lipinski definition) is 4. The third kappa shape index (κ3) is 5.63. The van der Waals surface area contributed by atoms with Crippen LogP contribution in [0.2, 0.25) is 0 Å². The van der Waals surface area contributed by atoms with Crippen LogP contribution < -0.4 is 10.6 Å². The smallest absolute Gasteiger partial charge is 0.222 e. The Morgan fingerprint density at radius 2 is 1.92 bits per heavy atom. The molecule has 5 heteroatoms. The molecule has 2 rings (SSSR count). The first-order valence-corrected chi connectivity index (χ1v) is 9.64. The van der Waals surface area contributed by atoms with Crippen LogP contribution in [0.5, 0.6) is 0 Å². The zero-order valence-electron chi connectivity index (χ0n) is 16.1. The van der Waals surface area contributed by atoms with E-state index in [0.717, 1.165) is 75.5 Å². The van der Waals surface area contributed by atoms with Crippen molar-refractivity contribution in [2.45, 2.75) is 39.5 Å². The van der Waals surface area contributed by atoms with Crippen LogP contribution >= 0.6 is 0 Å². The fourth-order valence-electron chi connectivity index (χ4n) is 3.31. The van der Waals surface area contributed by atoms with E-state index in [0.29, 0.717) is 6.42 Å². The Morgan fingerprint density at radius 3 is 2.52 bits per heavy atom. The molecule has 25 heavy (non-hydrogen) atoms. The van der Waals surface area contributed by atoms with Gasteiger partial charge in [0.25, 0.3) is 0 Å². The van der Waals surface area contributed by atoms with Gasteiger partial charge in [0.2, 0.25) is 5.91 Å². The summed E-state index contributed by atoms with van der Waals surface area (Å²) in [4.78, 5) is 19.0. The fraction of sp³-hybridized carbons (Fsp3) is 0.650. The highest BCUT2D eigenvalue weighted by atomic mass is 16.2. The number of unbranched alkanes of at least 4 members (excludes halogenated alkanes) is 1. The topological polar surface area (TPSA) is 52.8 Å². The van der Waals surface area contributed by atoms with Crippen molar-refractivity contribution in [1.82, 2.24) is 9.80 Å². The summed E-state index contributed by atoms with van der Waals surface area (Å²) >= 11 is 0. The number of benzene rings is 1. The Bertz CT molecular complexity index is 553. The van der Waals surface area contributed by atoms with E-state index in [1.807, 2.05) is 11.0 Å². The lowest BCUT2D eigenvalue weighted by atomic mass is 10.1. The number of carbonyl (C=O) groups excluding carboxylic acids is 1. The largest absolute Gasteiger partial charge is 0.397 e. The zero-order valence-corrected chi connectivity index (χ0v) is 16.1. The lowest BCUT2D eigenvalue weighted by molar-refractivity contribution is -0.131. The first-order chi connectivity index (χ1) is 12.0. The minimum absolute atomic E-state index is 0.248. The van der Waals surface area contributed by atoms with Gasteiger partial charge in [-0.05, 0) is 44.5 Å². The molecule has 1 aromatic rings. The maximum absolute atomic E-state index is 12.4. The van der Waals surface area contributed by atoms with Crippen molar-refractivity contribution < 1.29 is 4.79 Å². The van der Waals surface area contributed by atoms with Gasteiger partial charge < -0.3 is 20.4 Å². The molecule has 0 unspecified atom stereocenters. The van der Waals surface area contributed by atoms with Crippen LogP contribution in [0.3, 0.4) is 0 Å². The second kappa shape index (κ2) is 9.66. The number of nitrogen functional groups attached to an aromatic ring is 1. The van der Waals surface area contributed by atoms with Crippen LogP contribution in [0.1, 0.15) is 38.7 Å². The number of rotatable bonds is 8. The Balaban J connectivity index is 1.90. The molecule has 0 aliphatic carbocycles. The fourth-order valence-corrected chi connectivity index (χ4v) is 3.31. The molecule has 140 valence electrons. The van der Waals surface area contributed by atoms with Crippen LogP contribution in [0, 0.1) is 0 Å². The number of likely N-dealkylation sites (N-methyl/N-ethyl adjacent to an activating group) is 1. The van der Waals surface area contributed by atoms with Crippen LogP contribution in [0.4, 0.5) is 11.4 Å². The number of aryl methyl sites for hydroxylation is 1. The predicted molar refractivity (Wildman–Crippen MR) is 106 cm³/mol. The monoisotopic (exact) mass is 346 g/mol. The van der Waals surface area contributed by atoms with E-state index in [2.05, 4.69) is 42.8 Å². The van der Waals surface area contributed by atoms with Gasteiger partial charge in [0.15, 0.2) is 0 Å². The molecule has 0 bridgehead atoms. The van der Waals surface area contributed by atoms with Gasteiger partial charge in [0, 0.05) is 45.7 Å². The summed E-state index contributed by atoms with van der Waals surface area (Å²) in [6.07, 6.45) is 3.51. The van der Waals surface area contributed by atoms with Gasteiger partial charge >= 0.3 is 0 Å². The summed E-state index contributed by atoms with van der Waals surface area (Å²) in [6.45, 7) is 10.0. The molecule has 0 aromatic heterocycles. The SMILES string of the molecule is CCCCN(CC)C(=O)CCc1ccc(N2CCN(C)CC2)c(N)c1. The normalized spacial score (nSPS) is 15.4. The number of nitrogens with two attached hydrogens (primary N) is 1. The third-order valence-electron chi connectivity index (χ3n) is 5.08. The van der Waals surface area contributed by atoms with Crippen molar-refractivity contribution in [1.29, 1.82) is 0 Å². The standard InChI is InChI=1S/C20H34N4O/c1-4-6-11-23(5-2)20(25)10-8-17-7-9-19(18(21)16-17)24-14-12-22(3)13-15-24/h7,9,16H,4-6,8,10-15,21H2,1-3H3. The number of piperazine rings is 1. The highest BCUT2D eigenvalue weighted by Gasteiger charge is 2.17. The van der Waals surface area contributed by atoms with E-state index in [1.54, 1.807) is 0 Å². The number of amides is 1. The second-order valence-corrected chi connectivity index (χ2v) is 7.01. The first kappa shape index (κ1) is 19.6. The molecule has 1 aliphatic rings. The summed E-state index contributed by atoms with van der Waals surface area (Å²) < 4.78 is 0. The molecular formula is C20H34N4O. The summed E-state index contributed by atoms with van der Waals surface area (Å²) in [6, 6.07) is 6.29. The summed E-state index contributed by atoms with van der Waals surface area (Å²) in [5.41, 5.74) is 9.40. The Hall–Kier alpha value is -1.75. The first-order valence-electron chi connectivity index (χ1n) is 9.64. The average Bonchev–Trinajstić information content (AvgIpc) is 2.61. The van der Waals surface area contributed by atoms with Gasteiger partial charge in [0.05, 0.1) is 11.4 Å². The molecule has 2 N–H and O–H groups in total. The summed E-state index contributed by atoms with van der Waals surface area (Å²) in [5, 5.41) is 0. The maximum Gasteiger partial charge on any atom is 0.222 e. The quantitative estimate of drug-likeness (QED) is 0.735. The molecule has 1 fully saturated rings. The summed E-state index contributed by atoms with van der Waals surface area (Å²) in [7, 11) is 2.15. The molecule has 0 atom stereocenters. The number of anilines is 2. The third-order valence-corrected chi connectivity index (χ3v) is 5.08. The van der Waals surface area contributed by atoms with Gasteiger partial charge in [-0.2, -0.15) is 0 Å². The van der Waals surface area contributed by atoms with E-state index in [1.165, 1.54) is 0 Å². The van der Waals surface area contributed by atoms with Crippen molar-refractivity contribution >= 4 is 17.3 Å². The molecule has 1 amide bonds. The van der Waals surface area contributed by atoms with Crippen molar-refractivity contribution in [3.05, 3.63) is 23.8 Å². The number of carbonyl (C=O) groups is 1. The lowest BCUT2D eigenvalue weighted by Crippen LogP contribution is -2.44. The molecule has 5 nitrogen and oxygen atoms in total. The molecule has 0 radical (unpaired) electrons. The van der Waals surface area contributed by atoms with Crippen molar-refractivity contribution in [2.75, 3.05) is 56.9 Å². The zero-order chi connectivity index (χ0) is 18.2. The molecular weight excluding hydrogens is 312 g/mol. The highest BCUT2D eigenvalue weighted by molar-refractivity contribution is 5.76. The van der Waals surface area contributed by atoms with E-state index in [-0.39, 0.29) is 5.91 Å². The maximum atomic E-state index is 12.4.